The second-order valence-corrected chi connectivity index (χ2v) is 5.11. The van der Waals surface area contributed by atoms with Gasteiger partial charge in [0, 0.05) is 37.4 Å². The topological polar surface area (TPSA) is 42.1 Å². The van der Waals surface area contributed by atoms with Gasteiger partial charge < -0.3 is 5.73 Å². The number of hydrogen-bond donors (Lipinski definition) is 1. The molecule has 1 saturated heterocycles. The van der Waals surface area contributed by atoms with E-state index in [9.17, 15) is 0 Å². The van der Waals surface area contributed by atoms with Gasteiger partial charge in [0.2, 0.25) is 0 Å². The number of pyridine rings is 1. The van der Waals surface area contributed by atoms with Crippen molar-refractivity contribution in [2.75, 3.05) is 13.1 Å². The van der Waals surface area contributed by atoms with Gasteiger partial charge in [0.25, 0.3) is 0 Å². The third-order valence-electron chi connectivity index (χ3n) is 3.00. The molecule has 0 amide bonds. The molecule has 0 bridgehead atoms. The van der Waals surface area contributed by atoms with E-state index < -0.39 is 0 Å². The lowest BCUT2D eigenvalue weighted by Crippen LogP contribution is -2.45. The molecule has 0 saturated carbocycles. The fourth-order valence-corrected chi connectivity index (χ4v) is 2.60. The largest absolute Gasteiger partial charge is 0.327 e. The molecule has 2 unspecified atom stereocenters. The molecule has 0 aliphatic carbocycles. The number of piperidine rings is 1. The van der Waals surface area contributed by atoms with Crippen LogP contribution in [0.1, 0.15) is 18.9 Å². The van der Waals surface area contributed by atoms with Gasteiger partial charge in [-0.2, -0.15) is 0 Å². The minimum atomic E-state index is 0.291. The highest BCUT2D eigenvalue weighted by atomic mass is 35.5. The van der Waals surface area contributed by atoms with Gasteiger partial charge in [-0.25, -0.2) is 4.98 Å². The van der Waals surface area contributed by atoms with E-state index in [4.69, 9.17) is 17.3 Å². The van der Waals surface area contributed by atoms with Crippen molar-refractivity contribution in [3.8, 4) is 0 Å². The average molecular weight is 240 g/mol. The molecule has 0 spiro atoms. The summed E-state index contributed by atoms with van der Waals surface area (Å²) in [5, 5.41) is 0.606. The van der Waals surface area contributed by atoms with E-state index >= 15 is 0 Å². The third-order valence-corrected chi connectivity index (χ3v) is 3.34. The predicted molar refractivity (Wildman–Crippen MR) is 66.3 cm³/mol. The molecule has 1 fully saturated rings. The molecule has 88 valence electrons. The smallest absolute Gasteiger partial charge is 0.133 e. The Labute approximate surface area is 102 Å². The molecule has 16 heavy (non-hydrogen) atoms. The minimum absolute atomic E-state index is 0.291. The highest BCUT2D eigenvalue weighted by molar-refractivity contribution is 6.30. The highest BCUT2D eigenvalue weighted by Crippen LogP contribution is 2.20. The Hall–Kier alpha value is -0.640. The molecule has 4 heteroatoms. The van der Waals surface area contributed by atoms with Crippen LogP contribution in [0.4, 0.5) is 0 Å². The van der Waals surface area contributed by atoms with Gasteiger partial charge in [-0.1, -0.05) is 24.6 Å². The lowest BCUT2D eigenvalue weighted by atomic mass is 9.96. The maximum absolute atomic E-state index is 6.05. The van der Waals surface area contributed by atoms with Gasteiger partial charge in [0.1, 0.15) is 5.15 Å². The first-order valence-electron chi connectivity index (χ1n) is 5.72. The predicted octanol–water partition coefficient (Wildman–Crippen LogP) is 1.90. The Morgan fingerprint density at radius 1 is 1.56 bits per heavy atom. The number of halogens is 1. The third kappa shape index (κ3) is 2.94. The Morgan fingerprint density at radius 2 is 2.38 bits per heavy atom. The SMILES string of the molecule is CC1CC(N)CN(Cc2cccnc2Cl)C1. The van der Waals surface area contributed by atoms with Gasteiger partial charge in [-0.3, -0.25) is 4.90 Å². The van der Waals surface area contributed by atoms with Crippen LogP contribution in [0.5, 0.6) is 0 Å². The van der Waals surface area contributed by atoms with Crippen LogP contribution >= 0.6 is 11.6 Å². The van der Waals surface area contributed by atoms with Gasteiger partial charge in [0.15, 0.2) is 0 Å². The summed E-state index contributed by atoms with van der Waals surface area (Å²) in [7, 11) is 0. The summed E-state index contributed by atoms with van der Waals surface area (Å²) in [6.07, 6.45) is 2.84. The highest BCUT2D eigenvalue weighted by Gasteiger charge is 2.22. The van der Waals surface area contributed by atoms with Crippen molar-refractivity contribution in [2.24, 2.45) is 11.7 Å². The van der Waals surface area contributed by atoms with Crippen molar-refractivity contribution >= 4 is 11.6 Å². The number of nitrogens with zero attached hydrogens (tertiary/aromatic N) is 2. The minimum Gasteiger partial charge on any atom is -0.327 e. The normalized spacial score (nSPS) is 26.9. The van der Waals surface area contributed by atoms with Crippen molar-refractivity contribution in [2.45, 2.75) is 25.9 Å². The second kappa shape index (κ2) is 5.13. The van der Waals surface area contributed by atoms with E-state index in [1.807, 2.05) is 12.1 Å². The quantitative estimate of drug-likeness (QED) is 0.802. The van der Waals surface area contributed by atoms with E-state index in [0.717, 1.165) is 31.6 Å². The zero-order chi connectivity index (χ0) is 11.5. The molecule has 1 aromatic heterocycles. The number of likely N-dealkylation sites (tertiary alicyclic amines) is 1. The van der Waals surface area contributed by atoms with Crippen molar-refractivity contribution < 1.29 is 0 Å². The van der Waals surface area contributed by atoms with Crippen molar-refractivity contribution in [1.82, 2.24) is 9.88 Å². The van der Waals surface area contributed by atoms with Crippen molar-refractivity contribution in [1.29, 1.82) is 0 Å². The standard InChI is InChI=1S/C12H18ClN3/c1-9-5-11(14)8-16(6-9)7-10-3-2-4-15-12(10)13/h2-4,9,11H,5-8,14H2,1H3. The Bertz CT molecular complexity index is 346. The van der Waals surface area contributed by atoms with Crippen LogP contribution in [0.2, 0.25) is 5.15 Å². The van der Waals surface area contributed by atoms with Crippen LogP contribution in [0.3, 0.4) is 0 Å². The van der Waals surface area contributed by atoms with Gasteiger partial charge in [0.05, 0.1) is 0 Å². The van der Waals surface area contributed by atoms with E-state index in [-0.39, 0.29) is 0 Å². The Morgan fingerprint density at radius 3 is 3.06 bits per heavy atom. The average Bonchev–Trinajstić information content (AvgIpc) is 2.20. The van der Waals surface area contributed by atoms with Crippen molar-refractivity contribution in [3.63, 3.8) is 0 Å². The van der Waals surface area contributed by atoms with Crippen LogP contribution in [0.15, 0.2) is 18.3 Å². The Kier molecular flexibility index (Phi) is 3.79. The molecule has 2 heterocycles. The molecule has 1 aromatic rings. The first-order valence-corrected chi connectivity index (χ1v) is 6.10. The number of rotatable bonds is 2. The summed E-state index contributed by atoms with van der Waals surface area (Å²) in [6.45, 7) is 5.15. The van der Waals surface area contributed by atoms with E-state index in [1.165, 1.54) is 0 Å². The fraction of sp³-hybridized carbons (Fsp3) is 0.583. The molecular formula is C12H18ClN3. The van der Waals surface area contributed by atoms with E-state index in [2.05, 4.69) is 16.8 Å². The Balaban J connectivity index is 2.02. The summed E-state index contributed by atoms with van der Waals surface area (Å²) < 4.78 is 0. The maximum Gasteiger partial charge on any atom is 0.133 e. The molecule has 2 atom stereocenters. The lowest BCUT2D eigenvalue weighted by Gasteiger charge is -2.34. The summed E-state index contributed by atoms with van der Waals surface area (Å²) in [5.74, 6) is 0.666. The molecule has 1 aliphatic heterocycles. The van der Waals surface area contributed by atoms with Gasteiger partial charge in [-0.15, -0.1) is 0 Å². The zero-order valence-corrected chi connectivity index (χ0v) is 10.3. The number of hydrogen-bond acceptors (Lipinski definition) is 3. The van der Waals surface area contributed by atoms with E-state index in [0.29, 0.717) is 17.1 Å². The lowest BCUT2D eigenvalue weighted by molar-refractivity contribution is 0.158. The summed E-state index contributed by atoms with van der Waals surface area (Å²) >= 11 is 6.05. The number of nitrogens with two attached hydrogens (primary N) is 1. The van der Waals surface area contributed by atoms with Crippen LogP contribution in [-0.4, -0.2) is 29.0 Å². The molecule has 2 rings (SSSR count). The van der Waals surface area contributed by atoms with Crippen molar-refractivity contribution in [3.05, 3.63) is 29.0 Å². The van der Waals surface area contributed by atoms with Gasteiger partial charge in [-0.05, 0) is 18.4 Å². The molecule has 0 radical (unpaired) electrons. The van der Waals surface area contributed by atoms with Gasteiger partial charge >= 0.3 is 0 Å². The van der Waals surface area contributed by atoms with Crippen LogP contribution < -0.4 is 5.73 Å². The molecule has 3 nitrogen and oxygen atoms in total. The van der Waals surface area contributed by atoms with Crippen LogP contribution in [-0.2, 0) is 6.54 Å². The summed E-state index contributed by atoms with van der Waals surface area (Å²) in [5.41, 5.74) is 7.11. The molecule has 1 aliphatic rings. The monoisotopic (exact) mass is 239 g/mol. The first kappa shape index (κ1) is 11.8. The second-order valence-electron chi connectivity index (χ2n) is 4.75. The molecular weight excluding hydrogens is 222 g/mol. The van der Waals surface area contributed by atoms with E-state index in [1.54, 1.807) is 6.20 Å². The number of aromatic nitrogens is 1. The molecule has 2 N–H and O–H groups in total. The first-order chi connectivity index (χ1) is 7.65. The van der Waals surface area contributed by atoms with Crippen LogP contribution in [0.25, 0.3) is 0 Å². The summed E-state index contributed by atoms with van der Waals surface area (Å²) in [4.78, 5) is 6.45. The zero-order valence-electron chi connectivity index (χ0n) is 9.56. The maximum atomic E-state index is 6.05. The molecule has 0 aromatic carbocycles. The summed E-state index contributed by atoms with van der Waals surface area (Å²) in [6, 6.07) is 4.24. The fourth-order valence-electron chi connectivity index (χ4n) is 2.42. The van der Waals surface area contributed by atoms with Crippen LogP contribution in [0, 0.1) is 5.92 Å².